The molecule has 2 heterocycles. The average Bonchev–Trinajstić information content (AvgIpc) is 2.77. The van der Waals surface area contributed by atoms with Gasteiger partial charge in [0.1, 0.15) is 5.69 Å². The predicted molar refractivity (Wildman–Crippen MR) is 77.4 cm³/mol. The van der Waals surface area contributed by atoms with Crippen molar-refractivity contribution >= 4 is 27.5 Å². The highest BCUT2D eigenvalue weighted by atomic mass is 79.9. The Labute approximate surface area is 121 Å². The van der Waals surface area contributed by atoms with Crippen molar-refractivity contribution in [2.75, 3.05) is 18.9 Å². The Kier molecular flexibility index (Phi) is 4.63. The summed E-state index contributed by atoms with van der Waals surface area (Å²) in [5.74, 6) is -0.00232. The zero-order valence-corrected chi connectivity index (χ0v) is 12.6. The highest BCUT2D eigenvalue weighted by molar-refractivity contribution is 9.09. The lowest BCUT2D eigenvalue weighted by molar-refractivity contribution is 0.0791. The summed E-state index contributed by atoms with van der Waals surface area (Å²) < 4.78 is 1.97. The van der Waals surface area contributed by atoms with Gasteiger partial charge in [-0.2, -0.15) is 0 Å². The van der Waals surface area contributed by atoms with Crippen LogP contribution in [0.25, 0.3) is 0 Å². The maximum absolute atomic E-state index is 12.4. The standard InChI is InChI=1S/C13H18BrN3O2/c1-16-8-5-11(15-19)10-4-9-17(7-3-2-6-14)12(10)13(16)18/h4,9,19H,2-3,5-8H2,1H3. The smallest absolute Gasteiger partial charge is 0.270 e. The molecule has 0 saturated heterocycles. The second-order valence-electron chi connectivity index (χ2n) is 4.69. The second kappa shape index (κ2) is 6.23. The number of hydrogen-bond donors (Lipinski definition) is 1. The Bertz CT molecular complexity index is 496. The Balaban J connectivity index is 2.34. The molecule has 0 spiro atoms. The van der Waals surface area contributed by atoms with Crippen LogP contribution in [0.4, 0.5) is 0 Å². The summed E-state index contributed by atoms with van der Waals surface area (Å²) in [6, 6.07) is 1.87. The van der Waals surface area contributed by atoms with Crippen molar-refractivity contribution < 1.29 is 10.0 Å². The Morgan fingerprint density at radius 1 is 1.47 bits per heavy atom. The SMILES string of the molecule is CN1CCC(=NO)c2ccn(CCCCBr)c2C1=O. The number of carbonyl (C=O) groups excluding carboxylic acids is 1. The van der Waals surface area contributed by atoms with Gasteiger partial charge < -0.3 is 14.7 Å². The van der Waals surface area contributed by atoms with Crippen LogP contribution in [-0.2, 0) is 6.54 Å². The summed E-state index contributed by atoms with van der Waals surface area (Å²) in [4.78, 5) is 14.1. The molecule has 19 heavy (non-hydrogen) atoms. The summed E-state index contributed by atoms with van der Waals surface area (Å²) >= 11 is 3.41. The molecule has 1 amide bonds. The quantitative estimate of drug-likeness (QED) is 0.399. The van der Waals surface area contributed by atoms with Crippen molar-refractivity contribution in [1.82, 2.24) is 9.47 Å². The van der Waals surface area contributed by atoms with E-state index in [-0.39, 0.29) is 5.91 Å². The molecule has 0 radical (unpaired) electrons. The van der Waals surface area contributed by atoms with Crippen molar-refractivity contribution in [2.24, 2.45) is 5.16 Å². The fourth-order valence-electron chi connectivity index (χ4n) is 2.30. The van der Waals surface area contributed by atoms with Crippen molar-refractivity contribution in [3.8, 4) is 0 Å². The largest absolute Gasteiger partial charge is 0.411 e. The highest BCUT2D eigenvalue weighted by Crippen LogP contribution is 2.20. The molecule has 5 nitrogen and oxygen atoms in total. The van der Waals surface area contributed by atoms with Crippen LogP contribution in [0, 0.1) is 0 Å². The topological polar surface area (TPSA) is 57.8 Å². The Hall–Kier alpha value is -1.30. The van der Waals surface area contributed by atoms with E-state index in [4.69, 9.17) is 5.21 Å². The van der Waals surface area contributed by atoms with E-state index in [1.807, 2.05) is 16.8 Å². The number of halogens is 1. The van der Waals surface area contributed by atoms with Crippen molar-refractivity contribution in [1.29, 1.82) is 0 Å². The number of nitrogens with zero attached hydrogens (tertiary/aromatic N) is 3. The number of carbonyl (C=O) groups is 1. The van der Waals surface area contributed by atoms with E-state index in [2.05, 4.69) is 21.1 Å². The summed E-state index contributed by atoms with van der Waals surface area (Å²) in [6.07, 6.45) is 4.56. The molecular weight excluding hydrogens is 310 g/mol. The minimum atomic E-state index is -0.00232. The third-order valence-corrected chi connectivity index (χ3v) is 3.97. The van der Waals surface area contributed by atoms with Gasteiger partial charge in [0.25, 0.3) is 5.91 Å². The lowest BCUT2D eigenvalue weighted by Gasteiger charge is -2.15. The number of alkyl halides is 1. The third kappa shape index (κ3) is 2.83. The second-order valence-corrected chi connectivity index (χ2v) is 5.48. The molecular formula is C13H18BrN3O2. The maximum Gasteiger partial charge on any atom is 0.270 e. The summed E-state index contributed by atoms with van der Waals surface area (Å²) in [5.41, 5.74) is 1.99. The summed E-state index contributed by atoms with van der Waals surface area (Å²) in [6.45, 7) is 1.38. The van der Waals surface area contributed by atoms with Gasteiger partial charge in [0, 0.05) is 43.6 Å². The number of rotatable bonds is 4. The highest BCUT2D eigenvalue weighted by Gasteiger charge is 2.27. The van der Waals surface area contributed by atoms with Crippen LogP contribution in [0.1, 0.15) is 35.3 Å². The van der Waals surface area contributed by atoms with E-state index in [1.165, 1.54) is 0 Å². The van der Waals surface area contributed by atoms with Crippen LogP contribution in [0.2, 0.25) is 0 Å². The maximum atomic E-state index is 12.4. The molecule has 1 aliphatic heterocycles. The number of hydrogen-bond acceptors (Lipinski definition) is 3. The van der Waals surface area contributed by atoms with Gasteiger partial charge in [-0.25, -0.2) is 0 Å². The molecule has 6 heteroatoms. The molecule has 0 fully saturated rings. The van der Waals surface area contributed by atoms with Gasteiger partial charge in [-0.05, 0) is 18.9 Å². The first-order chi connectivity index (χ1) is 9.19. The molecule has 1 aromatic heterocycles. The molecule has 0 aliphatic carbocycles. The molecule has 0 saturated carbocycles. The molecule has 2 rings (SSSR count). The van der Waals surface area contributed by atoms with Crippen LogP contribution in [0.3, 0.4) is 0 Å². The van der Waals surface area contributed by atoms with E-state index < -0.39 is 0 Å². The van der Waals surface area contributed by atoms with Crippen molar-refractivity contribution in [3.63, 3.8) is 0 Å². The number of aryl methyl sites for hydroxylation is 1. The zero-order chi connectivity index (χ0) is 13.8. The molecule has 1 N–H and O–H groups in total. The fraction of sp³-hybridized carbons (Fsp3) is 0.538. The van der Waals surface area contributed by atoms with E-state index in [0.717, 1.165) is 30.3 Å². The van der Waals surface area contributed by atoms with Gasteiger partial charge in [0.2, 0.25) is 0 Å². The van der Waals surface area contributed by atoms with Crippen LogP contribution < -0.4 is 0 Å². The van der Waals surface area contributed by atoms with E-state index in [1.54, 1.807) is 11.9 Å². The van der Waals surface area contributed by atoms with Gasteiger partial charge in [-0.1, -0.05) is 21.1 Å². The normalized spacial score (nSPS) is 17.7. The van der Waals surface area contributed by atoms with E-state index in [9.17, 15) is 4.79 Å². The minimum Gasteiger partial charge on any atom is -0.411 e. The molecule has 0 bridgehead atoms. The molecule has 1 aliphatic rings. The van der Waals surface area contributed by atoms with E-state index in [0.29, 0.717) is 24.4 Å². The van der Waals surface area contributed by atoms with Gasteiger partial charge in [-0.15, -0.1) is 0 Å². The molecule has 0 atom stereocenters. The molecule has 104 valence electrons. The van der Waals surface area contributed by atoms with Crippen LogP contribution in [-0.4, -0.2) is 45.2 Å². The van der Waals surface area contributed by atoms with Crippen LogP contribution >= 0.6 is 15.9 Å². The number of unbranched alkanes of at least 4 members (excludes halogenated alkanes) is 1. The fourth-order valence-corrected chi connectivity index (χ4v) is 2.70. The average molecular weight is 328 g/mol. The number of fused-ring (bicyclic) bond motifs is 1. The lowest BCUT2D eigenvalue weighted by atomic mass is 10.1. The molecule has 1 aromatic rings. The first-order valence-electron chi connectivity index (χ1n) is 6.41. The zero-order valence-electron chi connectivity index (χ0n) is 11.0. The van der Waals surface area contributed by atoms with Crippen molar-refractivity contribution in [3.05, 3.63) is 23.5 Å². The molecule has 0 aromatic carbocycles. The van der Waals surface area contributed by atoms with E-state index >= 15 is 0 Å². The summed E-state index contributed by atoms with van der Waals surface area (Å²) in [7, 11) is 1.78. The van der Waals surface area contributed by atoms with Gasteiger partial charge in [0.15, 0.2) is 0 Å². The number of aromatic nitrogens is 1. The van der Waals surface area contributed by atoms with Gasteiger partial charge >= 0.3 is 0 Å². The molecule has 0 unspecified atom stereocenters. The number of oxime groups is 1. The lowest BCUT2D eigenvalue weighted by Crippen LogP contribution is -2.28. The third-order valence-electron chi connectivity index (χ3n) is 3.41. The monoisotopic (exact) mass is 327 g/mol. The minimum absolute atomic E-state index is 0.00232. The predicted octanol–water partition coefficient (Wildman–Crippen LogP) is 2.32. The Morgan fingerprint density at radius 3 is 2.95 bits per heavy atom. The van der Waals surface area contributed by atoms with Crippen LogP contribution in [0.5, 0.6) is 0 Å². The van der Waals surface area contributed by atoms with Gasteiger partial charge in [0.05, 0.1) is 5.71 Å². The first kappa shape index (κ1) is 14.1. The summed E-state index contributed by atoms with van der Waals surface area (Å²) in [5, 5.41) is 13.4. The van der Waals surface area contributed by atoms with Crippen LogP contribution in [0.15, 0.2) is 17.4 Å². The Morgan fingerprint density at radius 2 is 2.26 bits per heavy atom. The van der Waals surface area contributed by atoms with Crippen molar-refractivity contribution in [2.45, 2.75) is 25.8 Å². The number of amides is 1. The first-order valence-corrected chi connectivity index (χ1v) is 7.53. The van der Waals surface area contributed by atoms with Gasteiger partial charge in [-0.3, -0.25) is 4.79 Å².